The van der Waals surface area contributed by atoms with Crippen molar-refractivity contribution >= 4 is 21.9 Å². The fourth-order valence-corrected chi connectivity index (χ4v) is 4.64. The van der Waals surface area contributed by atoms with Crippen molar-refractivity contribution in [1.29, 1.82) is 0 Å². The number of aryl methyl sites for hydroxylation is 2. The van der Waals surface area contributed by atoms with E-state index in [0.717, 1.165) is 40.7 Å². The van der Waals surface area contributed by atoms with Crippen LogP contribution in [0, 0.1) is 13.8 Å². The van der Waals surface area contributed by atoms with Crippen molar-refractivity contribution in [2.24, 2.45) is 0 Å². The van der Waals surface area contributed by atoms with E-state index in [1.165, 1.54) is 11.1 Å². The lowest BCUT2D eigenvalue weighted by Crippen LogP contribution is -2.47. The van der Waals surface area contributed by atoms with Crippen LogP contribution in [0.1, 0.15) is 54.5 Å². The predicted molar refractivity (Wildman–Crippen MR) is 115 cm³/mol. The molecule has 1 N–H and O–H groups in total. The minimum atomic E-state index is -0.748. The van der Waals surface area contributed by atoms with E-state index in [4.69, 9.17) is 4.74 Å². The van der Waals surface area contributed by atoms with Crippen molar-refractivity contribution < 1.29 is 14.6 Å². The fraction of sp³-hybridized carbons (Fsp3) is 0.435. The normalized spacial score (nSPS) is 18.6. The Bertz CT molecular complexity index is 831. The first-order chi connectivity index (χ1) is 13.4. The van der Waals surface area contributed by atoms with Crippen LogP contribution in [0.2, 0.25) is 0 Å². The molecule has 1 heterocycles. The summed E-state index contributed by atoms with van der Waals surface area (Å²) in [5.41, 5.74) is 4.48. The fourth-order valence-electron chi connectivity index (χ4n) is 4.27. The number of carbonyl (C=O) groups is 1. The summed E-state index contributed by atoms with van der Waals surface area (Å²) in [6, 6.07) is 11.8. The molecule has 3 rings (SSSR count). The van der Waals surface area contributed by atoms with Gasteiger partial charge < -0.3 is 9.84 Å². The number of carboxylic acid groups (broad SMARTS) is 1. The molecule has 2 atom stereocenters. The first kappa shape index (κ1) is 20.9. The third-order valence-electron chi connectivity index (χ3n) is 5.29. The molecule has 0 saturated carbocycles. The molecule has 0 bridgehead atoms. The van der Waals surface area contributed by atoms with Crippen molar-refractivity contribution in [2.45, 2.75) is 52.1 Å². The number of nitrogens with zero attached hydrogens (tertiary/aromatic N) is 1. The predicted octanol–water partition coefficient (Wildman–Crippen LogP) is 5.49. The molecule has 0 aliphatic carbocycles. The number of piperidine rings is 1. The number of likely N-dealkylation sites (tertiary alicyclic amines) is 1. The van der Waals surface area contributed by atoms with Gasteiger partial charge in [-0.05, 0) is 63.9 Å². The molecule has 0 aromatic heterocycles. The minimum Gasteiger partial charge on any atom is -0.494 e. The molecule has 1 aliphatic heterocycles. The van der Waals surface area contributed by atoms with E-state index < -0.39 is 12.0 Å². The Morgan fingerprint density at radius 2 is 1.93 bits per heavy atom. The molecule has 4 nitrogen and oxygen atoms in total. The first-order valence-electron chi connectivity index (χ1n) is 9.89. The zero-order valence-electron chi connectivity index (χ0n) is 16.7. The molecule has 1 saturated heterocycles. The third-order valence-corrected chi connectivity index (χ3v) is 5.78. The SMILES string of the molecule is CCOc1ccc(Br)cc1C(c1cc(C)cc(C)c1)N1CCCCC1C(=O)O. The number of rotatable bonds is 6. The van der Waals surface area contributed by atoms with Crippen molar-refractivity contribution in [3.05, 3.63) is 63.1 Å². The Morgan fingerprint density at radius 1 is 1.21 bits per heavy atom. The van der Waals surface area contributed by atoms with Crippen molar-refractivity contribution in [1.82, 2.24) is 4.90 Å². The standard InChI is InChI=1S/C23H28BrNO3/c1-4-28-21-9-8-18(24)14-19(21)22(17-12-15(2)11-16(3)13-17)25-10-6-5-7-20(25)23(26)27/h8-9,11-14,20,22H,4-7,10H2,1-3H3,(H,26,27). The van der Waals surface area contributed by atoms with Crippen LogP contribution in [0.25, 0.3) is 0 Å². The van der Waals surface area contributed by atoms with E-state index in [1.54, 1.807) is 0 Å². The topological polar surface area (TPSA) is 49.8 Å². The van der Waals surface area contributed by atoms with Gasteiger partial charge >= 0.3 is 5.97 Å². The van der Waals surface area contributed by atoms with Gasteiger partial charge in [0.05, 0.1) is 12.6 Å². The van der Waals surface area contributed by atoms with Crippen molar-refractivity contribution in [2.75, 3.05) is 13.2 Å². The number of benzene rings is 2. The van der Waals surface area contributed by atoms with Gasteiger partial charge in [0.1, 0.15) is 11.8 Å². The molecule has 0 radical (unpaired) electrons. The van der Waals surface area contributed by atoms with Crippen molar-refractivity contribution in [3.63, 3.8) is 0 Å². The summed E-state index contributed by atoms with van der Waals surface area (Å²) in [5.74, 6) is 0.0617. The minimum absolute atomic E-state index is 0.168. The van der Waals surface area contributed by atoms with Crippen LogP contribution >= 0.6 is 15.9 Å². The Hall–Kier alpha value is -1.85. The molecule has 2 aromatic carbocycles. The molecule has 1 fully saturated rings. The van der Waals surface area contributed by atoms with Gasteiger partial charge in [0.25, 0.3) is 0 Å². The molecule has 5 heteroatoms. The van der Waals surface area contributed by atoms with Gasteiger partial charge in [-0.25, -0.2) is 0 Å². The maximum absolute atomic E-state index is 12.1. The second-order valence-corrected chi connectivity index (χ2v) is 8.44. The van der Waals surface area contributed by atoms with Gasteiger partial charge in [-0.1, -0.05) is 51.7 Å². The number of hydrogen-bond acceptors (Lipinski definition) is 3. The highest BCUT2D eigenvalue weighted by Crippen LogP contribution is 2.40. The van der Waals surface area contributed by atoms with E-state index in [1.807, 2.05) is 19.1 Å². The molecule has 1 aliphatic rings. The zero-order valence-corrected chi connectivity index (χ0v) is 18.3. The Labute approximate surface area is 175 Å². The zero-order chi connectivity index (χ0) is 20.3. The largest absolute Gasteiger partial charge is 0.494 e. The van der Waals surface area contributed by atoms with Crippen LogP contribution in [0.4, 0.5) is 0 Å². The van der Waals surface area contributed by atoms with E-state index >= 15 is 0 Å². The third kappa shape index (κ3) is 4.58. The summed E-state index contributed by atoms with van der Waals surface area (Å²) in [7, 11) is 0. The van der Waals surface area contributed by atoms with Gasteiger partial charge in [-0.15, -0.1) is 0 Å². The summed E-state index contributed by atoms with van der Waals surface area (Å²) in [5, 5.41) is 9.91. The highest BCUT2D eigenvalue weighted by molar-refractivity contribution is 9.10. The Balaban J connectivity index is 2.20. The number of carboxylic acids is 1. The molecular formula is C23H28BrNO3. The first-order valence-corrected chi connectivity index (χ1v) is 10.7. The maximum Gasteiger partial charge on any atom is 0.320 e. The summed E-state index contributed by atoms with van der Waals surface area (Å²) in [6.45, 7) is 7.47. The molecule has 2 unspecified atom stereocenters. The van der Waals surface area contributed by atoms with E-state index in [2.05, 4.69) is 58.9 Å². The lowest BCUT2D eigenvalue weighted by atomic mass is 9.89. The van der Waals surface area contributed by atoms with Crippen LogP contribution in [-0.4, -0.2) is 35.2 Å². The van der Waals surface area contributed by atoms with E-state index in [0.29, 0.717) is 13.0 Å². The second-order valence-electron chi connectivity index (χ2n) is 7.53. The average molecular weight is 446 g/mol. The maximum atomic E-state index is 12.1. The number of hydrogen-bond donors (Lipinski definition) is 1. The molecule has 2 aromatic rings. The lowest BCUT2D eigenvalue weighted by Gasteiger charge is -2.40. The van der Waals surface area contributed by atoms with Crippen LogP contribution in [0.15, 0.2) is 40.9 Å². The summed E-state index contributed by atoms with van der Waals surface area (Å²) in [4.78, 5) is 14.2. The van der Waals surface area contributed by atoms with Gasteiger partial charge in [0.15, 0.2) is 0 Å². The second kappa shape index (κ2) is 9.10. The monoisotopic (exact) mass is 445 g/mol. The number of aliphatic carboxylic acids is 1. The molecule has 0 amide bonds. The smallest absolute Gasteiger partial charge is 0.320 e. The molecule has 0 spiro atoms. The Kier molecular flexibility index (Phi) is 6.78. The number of halogens is 1. The molecule has 150 valence electrons. The summed E-state index contributed by atoms with van der Waals surface area (Å²) in [6.07, 6.45) is 2.63. The Morgan fingerprint density at radius 3 is 2.57 bits per heavy atom. The quantitative estimate of drug-likeness (QED) is 0.637. The van der Waals surface area contributed by atoms with E-state index in [9.17, 15) is 9.90 Å². The highest BCUT2D eigenvalue weighted by atomic mass is 79.9. The van der Waals surface area contributed by atoms with Gasteiger partial charge in [0.2, 0.25) is 0 Å². The van der Waals surface area contributed by atoms with E-state index in [-0.39, 0.29) is 6.04 Å². The van der Waals surface area contributed by atoms with Gasteiger partial charge in [-0.3, -0.25) is 9.69 Å². The van der Waals surface area contributed by atoms with Gasteiger partial charge in [-0.2, -0.15) is 0 Å². The number of ether oxygens (including phenoxy) is 1. The molecular weight excluding hydrogens is 418 g/mol. The van der Waals surface area contributed by atoms with Gasteiger partial charge in [0, 0.05) is 10.0 Å². The summed E-state index contributed by atoms with van der Waals surface area (Å²) < 4.78 is 6.91. The van der Waals surface area contributed by atoms with Crippen molar-refractivity contribution in [3.8, 4) is 5.75 Å². The average Bonchev–Trinajstić information content (AvgIpc) is 2.64. The van der Waals surface area contributed by atoms with Crippen LogP contribution in [-0.2, 0) is 4.79 Å². The molecule has 28 heavy (non-hydrogen) atoms. The highest BCUT2D eigenvalue weighted by Gasteiger charge is 2.36. The lowest BCUT2D eigenvalue weighted by molar-refractivity contribution is -0.145. The van der Waals surface area contributed by atoms with Crippen LogP contribution in [0.5, 0.6) is 5.75 Å². The van der Waals surface area contributed by atoms with Crippen LogP contribution in [0.3, 0.4) is 0 Å². The van der Waals surface area contributed by atoms with Crippen LogP contribution < -0.4 is 4.74 Å². The summed E-state index contributed by atoms with van der Waals surface area (Å²) >= 11 is 3.59.